The van der Waals surface area contributed by atoms with E-state index in [2.05, 4.69) is 16.5 Å². The topological polar surface area (TPSA) is 205 Å². The molecule has 12 nitrogen and oxygen atoms in total. The van der Waals surface area contributed by atoms with Gasteiger partial charge in [-0.1, -0.05) is 18.2 Å². The van der Waals surface area contributed by atoms with E-state index in [1.807, 2.05) is 30.3 Å². The van der Waals surface area contributed by atoms with Gasteiger partial charge in [0.15, 0.2) is 11.5 Å². The molecule has 0 aliphatic heterocycles. The van der Waals surface area contributed by atoms with Gasteiger partial charge in [-0.15, -0.1) is 6.58 Å². The van der Waals surface area contributed by atoms with Crippen LogP contribution in [0.2, 0.25) is 0 Å². The van der Waals surface area contributed by atoms with Crippen molar-refractivity contribution in [3.05, 3.63) is 85.2 Å². The number of rotatable bonds is 7. The minimum Gasteiger partial charge on any atom is -0.550 e. The van der Waals surface area contributed by atoms with Crippen LogP contribution < -0.4 is 24.8 Å². The van der Waals surface area contributed by atoms with Crippen molar-refractivity contribution in [3.63, 3.8) is 0 Å². The number of aromatic hydroxyl groups is 2. The summed E-state index contributed by atoms with van der Waals surface area (Å²) in [6, 6.07) is 16.2. The number of aliphatic carboxylic acids is 3. The first-order chi connectivity index (χ1) is 21.2. The van der Waals surface area contributed by atoms with Crippen molar-refractivity contribution in [1.29, 1.82) is 0 Å². The summed E-state index contributed by atoms with van der Waals surface area (Å²) in [4.78, 5) is 35.7. The Balaban J connectivity index is 0.00000134. The number of ether oxygens (including phenoxy) is 2. The first kappa shape index (κ1) is 40.6. The number of hydrogen-bond donors (Lipinski definition) is 2. The third kappa shape index (κ3) is 13.9. The Morgan fingerprint density at radius 1 is 0.761 bits per heavy atom. The van der Waals surface area contributed by atoms with Crippen molar-refractivity contribution in [2.45, 2.75) is 27.2 Å². The number of benzene rings is 2. The number of aromatic nitrogens is 2. The Bertz CT molecular complexity index is 1550. The zero-order valence-electron chi connectivity index (χ0n) is 25.8. The van der Waals surface area contributed by atoms with E-state index < -0.39 is 17.9 Å². The fourth-order valence-electron chi connectivity index (χ4n) is 3.61. The molecule has 2 N–H and O–H groups in total. The van der Waals surface area contributed by atoms with Crippen molar-refractivity contribution in [3.8, 4) is 56.6 Å². The molecular weight excluding hydrogens is 639 g/mol. The monoisotopic (exact) mass is 672 g/mol. The van der Waals surface area contributed by atoms with Crippen molar-refractivity contribution < 1.29 is 66.5 Å². The smallest absolute Gasteiger partial charge is 0.550 e. The Morgan fingerprint density at radius 3 is 1.63 bits per heavy atom. The molecule has 2 heterocycles. The average Bonchev–Trinajstić information content (AvgIpc) is 2.98. The first-order valence-electron chi connectivity index (χ1n) is 13.1. The van der Waals surface area contributed by atoms with Crippen LogP contribution >= 0.6 is 0 Å². The molecule has 4 rings (SSSR count). The fraction of sp³-hybridized carbons (Fsp3) is 0.182. The molecule has 0 aliphatic rings. The van der Waals surface area contributed by atoms with Gasteiger partial charge in [-0.05, 0) is 75.2 Å². The van der Waals surface area contributed by atoms with E-state index in [4.69, 9.17) is 39.2 Å². The van der Waals surface area contributed by atoms with Crippen LogP contribution in [-0.2, 0) is 37.9 Å². The summed E-state index contributed by atoms with van der Waals surface area (Å²) in [5, 5.41) is 47.5. The molecule has 0 radical (unpaired) electrons. The van der Waals surface area contributed by atoms with Crippen molar-refractivity contribution in [2.24, 2.45) is 0 Å². The minimum atomic E-state index is -1.08. The number of phenols is 2. The number of nitrogens with zero attached hydrogens (tertiary/aromatic N) is 2. The van der Waals surface area contributed by atoms with Crippen LogP contribution in [0.4, 0.5) is 0 Å². The third-order valence-corrected chi connectivity index (χ3v) is 5.35. The molecule has 0 fully saturated rings. The van der Waals surface area contributed by atoms with Gasteiger partial charge in [-0.25, -0.2) is 0 Å². The van der Waals surface area contributed by atoms with Crippen LogP contribution in [0.3, 0.4) is 0 Å². The van der Waals surface area contributed by atoms with Gasteiger partial charge in [-0.2, -0.15) is 0 Å². The molecule has 0 spiro atoms. The van der Waals surface area contributed by atoms with E-state index in [9.17, 15) is 10.2 Å². The molecule has 242 valence electrons. The fourth-order valence-corrected chi connectivity index (χ4v) is 3.61. The van der Waals surface area contributed by atoms with E-state index in [1.165, 1.54) is 7.11 Å². The standard InChI is InChI=1S/C27H24N2O4.3C2H4O2.Mn/c1-4-5-17-12-22(27(31)26(13-17)33-3)19-7-10-24(29-16-19)23-9-6-18(15-28-23)21-14-20(32-2)8-11-25(21)30;3*1-2(3)4;/h4,6-16,30-31H,1,5H2,2-3H3;3*1H3,(H,3,4);/q;;;;+3/p-3. The number of carboxylic acids is 3. The largest absolute Gasteiger partial charge is 3.00 e. The zero-order chi connectivity index (χ0) is 34.1. The maximum Gasteiger partial charge on any atom is 3.00 e. The van der Waals surface area contributed by atoms with Crippen LogP contribution in [0, 0.1) is 0 Å². The predicted octanol–water partition coefficient (Wildman–Crippen LogP) is 1.90. The van der Waals surface area contributed by atoms with Crippen LogP contribution in [0.5, 0.6) is 23.0 Å². The summed E-state index contributed by atoms with van der Waals surface area (Å²) >= 11 is 0. The van der Waals surface area contributed by atoms with E-state index in [0.29, 0.717) is 40.4 Å². The van der Waals surface area contributed by atoms with Gasteiger partial charge in [0.25, 0.3) is 0 Å². The number of carbonyl (C=O) groups excluding carboxylic acids is 3. The second-order valence-electron chi connectivity index (χ2n) is 8.91. The van der Waals surface area contributed by atoms with Gasteiger partial charge >= 0.3 is 17.1 Å². The van der Waals surface area contributed by atoms with E-state index in [0.717, 1.165) is 37.5 Å². The Morgan fingerprint density at radius 2 is 1.24 bits per heavy atom. The van der Waals surface area contributed by atoms with Gasteiger partial charge in [0.05, 0.1) is 25.6 Å². The molecule has 0 unspecified atom stereocenters. The molecule has 0 atom stereocenters. The number of phenolic OH excluding ortho intramolecular Hbond substituents is 2. The van der Waals surface area contributed by atoms with Crippen LogP contribution in [0.1, 0.15) is 26.3 Å². The Hall–Kier alpha value is -5.39. The van der Waals surface area contributed by atoms with E-state index in [-0.39, 0.29) is 28.6 Å². The summed E-state index contributed by atoms with van der Waals surface area (Å²) in [7, 11) is 3.11. The number of hydrogen-bond acceptors (Lipinski definition) is 12. The maximum atomic E-state index is 10.6. The average molecular weight is 673 g/mol. The number of methoxy groups -OCH3 is 2. The van der Waals surface area contributed by atoms with Gasteiger partial charge < -0.3 is 49.4 Å². The summed E-state index contributed by atoms with van der Waals surface area (Å²) in [5.41, 5.74) is 5.17. The molecule has 0 bridgehead atoms. The van der Waals surface area contributed by atoms with Gasteiger partial charge in [-0.3, -0.25) is 9.97 Å². The number of allylic oxidation sites excluding steroid dienone is 1. The van der Waals surface area contributed by atoms with Gasteiger partial charge in [0.2, 0.25) is 0 Å². The number of carbonyl (C=O) groups is 3. The first-order valence-corrected chi connectivity index (χ1v) is 13.1. The van der Waals surface area contributed by atoms with E-state index in [1.54, 1.807) is 49.8 Å². The predicted molar refractivity (Wildman–Crippen MR) is 161 cm³/mol. The molecule has 0 aliphatic carbocycles. The molecular formula is C33H33MnN2O10. The quantitative estimate of drug-likeness (QED) is 0.213. The van der Waals surface area contributed by atoms with E-state index >= 15 is 0 Å². The molecule has 0 amide bonds. The molecule has 0 saturated heterocycles. The number of pyridine rings is 2. The molecule has 0 saturated carbocycles. The van der Waals surface area contributed by atoms with Crippen LogP contribution in [-0.4, -0.2) is 52.3 Å². The minimum absolute atomic E-state index is 0. The Labute approximate surface area is 277 Å². The zero-order valence-corrected chi connectivity index (χ0v) is 27.0. The Kier molecular flexibility index (Phi) is 18.1. The van der Waals surface area contributed by atoms with Crippen molar-refractivity contribution >= 4 is 17.9 Å². The second kappa shape index (κ2) is 20.5. The molecule has 2 aromatic carbocycles. The van der Waals surface area contributed by atoms with Gasteiger partial charge in [0.1, 0.15) is 11.5 Å². The second-order valence-corrected chi connectivity index (χ2v) is 8.91. The molecule has 4 aromatic rings. The summed E-state index contributed by atoms with van der Waals surface area (Å²) < 4.78 is 10.6. The van der Waals surface area contributed by atoms with Crippen LogP contribution in [0.25, 0.3) is 33.6 Å². The van der Waals surface area contributed by atoms with Crippen molar-refractivity contribution in [1.82, 2.24) is 9.97 Å². The summed E-state index contributed by atoms with van der Waals surface area (Å²) in [6.45, 7) is 6.69. The summed E-state index contributed by atoms with van der Waals surface area (Å²) in [5.74, 6) is -1.96. The van der Waals surface area contributed by atoms with Gasteiger partial charge in [0, 0.05) is 52.6 Å². The van der Waals surface area contributed by atoms with Crippen LogP contribution in [0.15, 0.2) is 79.6 Å². The van der Waals surface area contributed by atoms with Crippen molar-refractivity contribution in [2.75, 3.05) is 14.2 Å². The summed E-state index contributed by atoms with van der Waals surface area (Å²) in [6.07, 6.45) is 5.85. The molecule has 2 aromatic heterocycles. The number of carboxylic acid groups (broad SMARTS) is 3. The molecule has 13 heteroatoms. The SMILES string of the molecule is C=CCc1cc(OC)c(O)c(-c2ccc(-c3ccc(-c4cc(OC)ccc4O)cn3)nc2)c1.CC(=O)[O-].CC(=O)[O-].CC(=O)[O-].[Mn+3]. The molecule has 46 heavy (non-hydrogen) atoms. The normalized spacial score (nSPS) is 9.24. The maximum absolute atomic E-state index is 10.6. The third-order valence-electron chi connectivity index (χ3n) is 5.35.